The van der Waals surface area contributed by atoms with Crippen LogP contribution >= 0.6 is 11.5 Å². The van der Waals surface area contributed by atoms with Gasteiger partial charge in [-0.2, -0.15) is 4.37 Å². The highest BCUT2D eigenvalue weighted by molar-refractivity contribution is 7.06. The van der Waals surface area contributed by atoms with Gasteiger partial charge < -0.3 is 4.74 Å². The Morgan fingerprint density at radius 2 is 2.10 bits per heavy atom. The minimum absolute atomic E-state index is 0.155. The van der Waals surface area contributed by atoms with Crippen molar-refractivity contribution in [2.24, 2.45) is 0 Å². The number of aromatic nitrogens is 2. The van der Waals surface area contributed by atoms with E-state index < -0.39 is 6.09 Å². The van der Waals surface area contributed by atoms with E-state index in [0.717, 1.165) is 16.3 Å². The zero-order valence-electron chi connectivity index (χ0n) is 12.1. The van der Waals surface area contributed by atoms with Gasteiger partial charge in [0, 0.05) is 11.1 Å². The lowest BCUT2D eigenvalue weighted by Crippen LogP contribution is -2.14. The van der Waals surface area contributed by atoms with E-state index in [-0.39, 0.29) is 6.61 Å². The van der Waals surface area contributed by atoms with E-state index in [2.05, 4.69) is 14.7 Å². The summed E-state index contributed by atoms with van der Waals surface area (Å²) < 4.78 is 9.22. The van der Waals surface area contributed by atoms with Crippen LogP contribution < -0.4 is 5.32 Å². The molecule has 0 saturated heterocycles. The van der Waals surface area contributed by atoms with E-state index in [1.165, 1.54) is 11.5 Å². The number of carbonyl (C=O) groups excluding carboxylic acids is 1. The average molecular weight is 293 g/mol. The summed E-state index contributed by atoms with van der Waals surface area (Å²) in [6, 6.07) is 5.46. The molecule has 0 aliphatic carbocycles. The van der Waals surface area contributed by atoms with Crippen molar-refractivity contribution < 1.29 is 9.53 Å². The van der Waals surface area contributed by atoms with Crippen LogP contribution in [0.5, 0.6) is 0 Å². The van der Waals surface area contributed by atoms with Crippen LogP contribution in [0.1, 0.15) is 30.1 Å². The van der Waals surface area contributed by atoms with Crippen molar-refractivity contribution in [3.63, 3.8) is 0 Å². The van der Waals surface area contributed by atoms with Crippen LogP contribution in [-0.4, -0.2) is 15.5 Å². The minimum Gasteiger partial charge on any atom is -0.443 e. The normalized spacial score (nSPS) is 9.40. The van der Waals surface area contributed by atoms with Gasteiger partial charge in [0.2, 0.25) is 0 Å². The monoisotopic (exact) mass is 293 g/mol. The number of nitrogens with zero attached hydrogens (tertiary/aromatic N) is 2. The van der Waals surface area contributed by atoms with Crippen LogP contribution in [0.25, 0.3) is 0 Å². The van der Waals surface area contributed by atoms with Crippen molar-refractivity contribution >= 4 is 23.3 Å². The quantitative estimate of drug-likeness (QED) is 0.931. The number of hydrogen-bond donors (Lipinski definition) is 1. The molecular formula is C14H19N3O2S. The molecule has 1 N–H and O–H groups in total. The van der Waals surface area contributed by atoms with Gasteiger partial charge in [-0.15, -0.1) is 0 Å². The highest BCUT2D eigenvalue weighted by Gasteiger charge is 2.11. The Labute approximate surface area is 123 Å². The summed E-state index contributed by atoms with van der Waals surface area (Å²) in [5, 5.41) is 2.69. The van der Waals surface area contributed by atoms with Gasteiger partial charge >= 0.3 is 6.09 Å². The van der Waals surface area contributed by atoms with Gasteiger partial charge in [0.15, 0.2) is 0 Å². The van der Waals surface area contributed by atoms with Gasteiger partial charge in [0.25, 0.3) is 0 Å². The number of nitrogens with one attached hydrogen (secondary N) is 1. The summed E-state index contributed by atoms with van der Waals surface area (Å²) in [7, 11) is 0. The minimum atomic E-state index is -0.493. The first-order valence-electron chi connectivity index (χ1n) is 6.43. The number of amides is 1. The molecule has 0 aliphatic heterocycles. The number of hydrogen-bond acceptors (Lipinski definition) is 5. The second-order valence-electron chi connectivity index (χ2n) is 3.72. The Kier molecular flexibility index (Phi) is 6.66. The predicted octanol–water partition coefficient (Wildman–Crippen LogP) is 3.93. The third-order valence-corrected chi connectivity index (χ3v) is 3.18. The lowest BCUT2D eigenvalue weighted by atomic mass is 10.3. The van der Waals surface area contributed by atoms with Crippen LogP contribution in [0.3, 0.4) is 0 Å². The summed E-state index contributed by atoms with van der Waals surface area (Å²) >= 11 is 1.35. The molecule has 0 unspecified atom stereocenters. The Hall–Kier alpha value is -1.95. The van der Waals surface area contributed by atoms with Gasteiger partial charge in [-0.3, -0.25) is 10.3 Å². The fourth-order valence-corrected chi connectivity index (χ4v) is 2.08. The fraction of sp³-hybridized carbons (Fsp3) is 0.357. The SMILES string of the molecule is CC.Cc1nsc(C)c1NC(=O)OCc1ccccn1. The van der Waals surface area contributed by atoms with Crippen molar-refractivity contribution in [2.45, 2.75) is 34.3 Å². The molecule has 0 saturated carbocycles. The third kappa shape index (κ3) is 4.62. The zero-order valence-corrected chi connectivity index (χ0v) is 13.0. The molecule has 0 spiro atoms. The standard InChI is InChI=1S/C12H13N3O2S.C2H6/c1-8-11(9(2)18-15-8)14-12(16)17-7-10-5-3-4-6-13-10;1-2/h3-6H,7H2,1-2H3,(H,14,16);1-2H3. The molecule has 0 bridgehead atoms. The maximum atomic E-state index is 11.6. The summed E-state index contributed by atoms with van der Waals surface area (Å²) in [5.74, 6) is 0. The maximum absolute atomic E-state index is 11.6. The molecule has 5 nitrogen and oxygen atoms in total. The fourth-order valence-electron chi connectivity index (χ4n) is 1.42. The second kappa shape index (κ2) is 8.27. The molecule has 2 aromatic rings. The maximum Gasteiger partial charge on any atom is 0.412 e. The molecule has 1 amide bonds. The number of pyridine rings is 1. The van der Waals surface area contributed by atoms with E-state index >= 15 is 0 Å². The molecule has 20 heavy (non-hydrogen) atoms. The molecule has 0 radical (unpaired) electrons. The van der Waals surface area contributed by atoms with Gasteiger partial charge in [-0.05, 0) is 37.5 Å². The Balaban J connectivity index is 0.000000956. The average Bonchev–Trinajstić information content (AvgIpc) is 2.80. The largest absolute Gasteiger partial charge is 0.443 e. The smallest absolute Gasteiger partial charge is 0.412 e. The topological polar surface area (TPSA) is 64.1 Å². The number of rotatable bonds is 3. The summed E-state index contributed by atoms with van der Waals surface area (Å²) in [5.41, 5.74) is 2.24. The van der Waals surface area contributed by atoms with Gasteiger partial charge in [0.1, 0.15) is 6.61 Å². The lowest BCUT2D eigenvalue weighted by molar-refractivity contribution is 0.153. The summed E-state index contributed by atoms with van der Waals surface area (Å²) in [4.78, 5) is 16.6. The summed E-state index contributed by atoms with van der Waals surface area (Å²) in [6.45, 7) is 7.90. The molecule has 0 aliphatic rings. The van der Waals surface area contributed by atoms with E-state index in [9.17, 15) is 4.79 Å². The number of carbonyl (C=O) groups is 1. The van der Waals surface area contributed by atoms with Crippen LogP contribution in [0.2, 0.25) is 0 Å². The van der Waals surface area contributed by atoms with E-state index in [1.807, 2.05) is 39.8 Å². The van der Waals surface area contributed by atoms with Crippen molar-refractivity contribution in [3.8, 4) is 0 Å². The lowest BCUT2D eigenvalue weighted by Gasteiger charge is -2.06. The van der Waals surface area contributed by atoms with E-state index in [4.69, 9.17) is 4.74 Å². The molecule has 0 aromatic carbocycles. The number of anilines is 1. The first-order valence-corrected chi connectivity index (χ1v) is 7.20. The van der Waals surface area contributed by atoms with Crippen molar-refractivity contribution in [1.82, 2.24) is 9.36 Å². The van der Waals surface area contributed by atoms with Crippen LogP contribution in [0, 0.1) is 13.8 Å². The molecule has 2 rings (SSSR count). The molecular weight excluding hydrogens is 274 g/mol. The van der Waals surface area contributed by atoms with Gasteiger partial charge in [-0.1, -0.05) is 19.9 Å². The van der Waals surface area contributed by atoms with Gasteiger partial charge in [-0.25, -0.2) is 4.79 Å². The van der Waals surface area contributed by atoms with E-state index in [1.54, 1.807) is 12.3 Å². The van der Waals surface area contributed by atoms with Crippen molar-refractivity contribution in [2.75, 3.05) is 5.32 Å². The number of ether oxygens (including phenoxy) is 1. The molecule has 2 heterocycles. The summed E-state index contributed by atoms with van der Waals surface area (Å²) in [6.07, 6.45) is 1.17. The zero-order chi connectivity index (χ0) is 15.0. The predicted molar refractivity (Wildman–Crippen MR) is 81.0 cm³/mol. The van der Waals surface area contributed by atoms with Crippen LogP contribution in [0.4, 0.5) is 10.5 Å². The molecule has 108 valence electrons. The number of aryl methyl sites for hydroxylation is 2. The van der Waals surface area contributed by atoms with Crippen LogP contribution in [0.15, 0.2) is 24.4 Å². The van der Waals surface area contributed by atoms with Gasteiger partial charge in [0.05, 0.1) is 17.1 Å². The molecule has 6 heteroatoms. The molecule has 0 atom stereocenters. The third-order valence-electron chi connectivity index (χ3n) is 2.34. The Morgan fingerprint density at radius 1 is 1.35 bits per heavy atom. The van der Waals surface area contributed by atoms with Crippen molar-refractivity contribution in [1.29, 1.82) is 0 Å². The Morgan fingerprint density at radius 3 is 2.65 bits per heavy atom. The highest BCUT2D eigenvalue weighted by Crippen LogP contribution is 2.22. The Bertz CT molecular complexity index is 521. The highest BCUT2D eigenvalue weighted by atomic mass is 32.1. The molecule has 0 fully saturated rings. The first kappa shape index (κ1) is 16.1. The van der Waals surface area contributed by atoms with Crippen molar-refractivity contribution in [3.05, 3.63) is 40.7 Å². The van der Waals surface area contributed by atoms with Crippen LogP contribution in [-0.2, 0) is 11.3 Å². The second-order valence-corrected chi connectivity index (χ2v) is 4.70. The first-order chi connectivity index (χ1) is 9.66. The molecule has 2 aromatic heterocycles. The van der Waals surface area contributed by atoms with E-state index in [0.29, 0.717) is 5.69 Å².